The van der Waals surface area contributed by atoms with Crippen molar-refractivity contribution in [2.45, 2.75) is 37.5 Å². The highest BCUT2D eigenvalue weighted by atomic mass is 16.4. The Morgan fingerprint density at radius 3 is 2.81 bits per heavy atom. The predicted molar refractivity (Wildman–Crippen MR) is 105 cm³/mol. The quantitative estimate of drug-likeness (QED) is 0.823. The molecular formula is C23H29NO2. The Balaban J connectivity index is 0.00000180. The second kappa shape index (κ2) is 6.09. The molecule has 1 saturated carbocycles. The summed E-state index contributed by atoms with van der Waals surface area (Å²) < 4.78 is 0. The average molecular weight is 351 g/mol. The van der Waals surface area contributed by atoms with Crippen LogP contribution < -0.4 is 0 Å². The topological polar surface area (TPSA) is 40.5 Å². The molecule has 3 nitrogen and oxygen atoms in total. The van der Waals surface area contributed by atoms with Gasteiger partial charge in [0.15, 0.2) is 0 Å². The fraction of sp³-hybridized carbons (Fsp3) is 0.522. The minimum Gasteiger partial charge on any atom is -0.478 e. The highest BCUT2D eigenvalue weighted by molar-refractivity contribution is 6.17. The number of rotatable bonds is 3. The zero-order chi connectivity index (χ0) is 17.7. The fourth-order valence-electron chi connectivity index (χ4n) is 5.88. The molecule has 2 fully saturated rings. The lowest BCUT2D eigenvalue weighted by atomic mass is 9.74. The number of fused-ring (bicyclic) bond motifs is 4. The lowest BCUT2D eigenvalue weighted by molar-refractivity contribution is -0.130. The molecule has 1 spiro atoms. The minimum atomic E-state index is -0.790. The summed E-state index contributed by atoms with van der Waals surface area (Å²) in [5, 5.41) is 9.62. The molecule has 1 heterocycles. The fourth-order valence-corrected chi connectivity index (χ4v) is 5.88. The Kier molecular flexibility index (Phi) is 3.82. The van der Waals surface area contributed by atoms with Crippen LogP contribution in [0.3, 0.4) is 0 Å². The number of benzene rings is 1. The van der Waals surface area contributed by atoms with Crippen molar-refractivity contribution < 1.29 is 11.3 Å². The Bertz CT molecular complexity index is 791. The van der Waals surface area contributed by atoms with Crippen molar-refractivity contribution in [2.24, 2.45) is 17.8 Å². The molecule has 3 unspecified atom stereocenters. The number of carbonyl (C=O) groups is 1. The van der Waals surface area contributed by atoms with Gasteiger partial charge in [0, 0.05) is 13.4 Å². The van der Waals surface area contributed by atoms with Crippen LogP contribution in [0.15, 0.2) is 42.5 Å². The number of aliphatic carboxylic acids is 1. The lowest BCUT2D eigenvalue weighted by Crippen LogP contribution is -2.44. The number of carboxylic acid groups (broad SMARTS) is 1. The van der Waals surface area contributed by atoms with Gasteiger partial charge in [-0.15, -0.1) is 0 Å². The number of hydrogen-bond acceptors (Lipinski definition) is 2. The van der Waals surface area contributed by atoms with Crippen molar-refractivity contribution in [3.63, 3.8) is 0 Å². The molecule has 2 bridgehead atoms. The number of hydrogen-bond donors (Lipinski definition) is 1. The van der Waals surface area contributed by atoms with Crippen molar-refractivity contribution >= 4 is 11.5 Å². The first-order chi connectivity index (χ1) is 12.6. The van der Waals surface area contributed by atoms with E-state index in [1.54, 1.807) is 0 Å². The summed E-state index contributed by atoms with van der Waals surface area (Å²) in [6.45, 7) is 3.37. The van der Waals surface area contributed by atoms with E-state index >= 15 is 0 Å². The van der Waals surface area contributed by atoms with Crippen LogP contribution in [0, 0.1) is 17.8 Å². The normalized spacial score (nSPS) is 31.8. The Morgan fingerprint density at radius 1 is 1.19 bits per heavy atom. The molecule has 3 heteroatoms. The standard InChI is InChI=1S/C23H27NO2.H2/c25-22(26)20-14-23(21-4-2-1-3-19(20)21)9-11-24(12-10-23)15-18-8-6-16-5-7-17(18)13-16;/h1-5,7,14,16-18H,6,8-13,15H2,(H,25,26);1H. The number of likely N-dealkylation sites (tertiary alicyclic amines) is 1. The van der Waals surface area contributed by atoms with Gasteiger partial charge in [0.1, 0.15) is 0 Å². The molecule has 0 amide bonds. The van der Waals surface area contributed by atoms with Gasteiger partial charge in [0.25, 0.3) is 0 Å². The summed E-state index contributed by atoms with van der Waals surface area (Å²) >= 11 is 0. The summed E-state index contributed by atoms with van der Waals surface area (Å²) in [6, 6.07) is 8.12. The first-order valence-corrected chi connectivity index (χ1v) is 10.1. The molecular weight excluding hydrogens is 322 g/mol. The van der Waals surface area contributed by atoms with Gasteiger partial charge >= 0.3 is 5.97 Å². The van der Waals surface area contributed by atoms with E-state index in [1.807, 2.05) is 12.1 Å². The monoisotopic (exact) mass is 351 g/mol. The largest absolute Gasteiger partial charge is 0.478 e. The molecule has 4 aliphatic rings. The van der Waals surface area contributed by atoms with E-state index < -0.39 is 5.97 Å². The van der Waals surface area contributed by atoms with Crippen LogP contribution in [0.25, 0.3) is 5.57 Å². The Labute approximate surface area is 156 Å². The number of piperidine rings is 1. The van der Waals surface area contributed by atoms with Crippen molar-refractivity contribution in [3.05, 3.63) is 53.6 Å². The van der Waals surface area contributed by atoms with E-state index in [9.17, 15) is 9.90 Å². The van der Waals surface area contributed by atoms with Crippen molar-refractivity contribution in [3.8, 4) is 0 Å². The van der Waals surface area contributed by atoms with Gasteiger partial charge in [-0.2, -0.15) is 0 Å². The van der Waals surface area contributed by atoms with Gasteiger partial charge in [-0.25, -0.2) is 4.79 Å². The molecule has 1 N–H and O–H groups in total. The van der Waals surface area contributed by atoms with Crippen LogP contribution in [-0.2, 0) is 10.2 Å². The maximum atomic E-state index is 11.7. The summed E-state index contributed by atoms with van der Waals surface area (Å²) in [4.78, 5) is 14.3. The summed E-state index contributed by atoms with van der Waals surface area (Å²) in [6.07, 6.45) is 13.2. The molecule has 0 aromatic heterocycles. The molecule has 1 saturated heterocycles. The summed E-state index contributed by atoms with van der Waals surface area (Å²) in [5.74, 6) is 1.69. The van der Waals surface area contributed by atoms with E-state index in [4.69, 9.17) is 0 Å². The SMILES string of the molecule is O=C(O)C1=CC2(CCN(CC3CCC4C=CC3C4)CC2)c2ccccc21.[HH]. The summed E-state index contributed by atoms with van der Waals surface area (Å²) in [7, 11) is 0. The number of allylic oxidation sites excluding steroid dienone is 3. The third-order valence-electron chi connectivity index (χ3n) is 7.36. The Morgan fingerprint density at radius 2 is 2.00 bits per heavy atom. The average Bonchev–Trinajstić information content (AvgIpc) is 3.20. The van der Waals surface area contributed by atoms with Gasteiger partial charge < -0.3 is 10.0 Å². The predicted octanol–water partition coefficient (Wildman–Crippen LogP) is 4.35. The van der Waals surface area contributed by atoms with Crippen LogP contribution in [0.4, 0.5) is 0 Å². The second-order valence-corrected chi connectivity index (χ2v) is 8.75. The zero-order valence-electron chi connectivity index (χ0n) is 15.2. The van der Waals surface area contributed by atoms with Crippen molar-refractivity contribution in [1.82, 2.24) is 4.90 Å². The molecule has 3 atom stereocenters. The minimum absolute atomic E-state index is 0. The maximum Gasteiger partial charge on any atom is 0.336 e. The van der Waals surface area contributed by atoms with Crippen LogP contribution in [-0.4, -0.2) is 35.6 Å². The smallest absolute Gasteiger partial charge is 0.336 e. The zero-order valence-corrected chi connectivity index (χ0v) is 15.2. The van der Waals surface area contributed by atoms with Gasteiger partial charge in [-0.3, -0.25) is 0 Å². The molecule has 1 aromatic carbocycles. The van der Waals surface area contributed by atoms with Crippen molar-refractivity contribution in [1.29, 1.82) is 0 Å². The third-order valence-corrected chi connectivity index (χ3v) is 7.36. The highest BCUT2D eigenvalue weighted by Gasteiger charge is 2.42. The van der Waals surface area contributed by atoms with Crippen LogP contribution in [0.1, 0.15) is 44.7 Å². The number of nitrogens with zero attached hydrogens (tertiary/aromatic N) is 1. The molecule has 26 heavy (non-hydrogen) atoms. The van der Waals surface area contributed by atoms with E-state index in [0.29, 0.717) is 5.57 Å². The first kappa shape index (κ1) is 16.3. The van der Waals surface area contributed by atoms with Crippen LogP contribution in [0.5, 0.6) is 0 Å². The molecule has 5 rings (SSSR count). The van der Waals surface area contributed by atoms with Gasteiger partial charge in [0.2, 0.25) is 0 Å². The van der Waals surface area contributed by atoms with Crippen LogP contribution >= 0.6 is 0 Å². The second-order valence-electron chi connectivity index (χ2n) is 8.75. The number of carboxylic acids is 1. The van der Waals surface area contributed by atoms with E-state index in [2.05, 4.69) is 35.3 Å². The van der Waals surface area contributed by atoms with Crippen LogP contribution in [0.2, 0.25) is 0 Å². The molecule has 1 aliphatic heterocycles. The molecule has 138 valence electrons. The van der Waals surface area contributed by atoms with E-state index in [0.717, 1.165) is 49.2 Å². The van der Waals surface area contributed by atoms with Gasteiger partial charge in [-0.1, -0.05) is 42.5 Å². The molecule has 1 aromatic rings. The lowest BCUT2D eigenvalue weighted by Gasteiger charge is -2.41. The molecule has 0 radical (unpaired) electrons. The van der Waals surface area contributed by atoms with Crippen molar-refractivity contribution in [2.75, 3.05) is 19.6 Å². The van der Waals surface area contributed by atoms with Gasteiger partial charge in [-0.05, 0) is 74.1 Å². The Hall–Kier alpha value is -1.87. The highest BCUT2D eigenvalue weighted by Crippen LogP contribution is 2.47. The van der Waals surface area contributed by atoms with E-state index in [1.165, 1.54) is 31.4 Å². The first-order valence-electron chi connectivity index (χ1n) is 10.1. The van der Waals surface area contributed by atoms with Gasteiger partial charge in [0.05, 0.1) is 5.57 Å². The van der Waals surface area contributed by atoms with E-state index in [-0.39, 0.29) is 6.84 Å². The third kappa shape index (κ3) is 2.56. The summed E-state index contributed by atoms with van der Waals surface area (Å²) in [5.41, 5.74) is 2.61. The molecule has 3 aliphatic carbocycles. The maximum absolute atomic E-state index is 11.7.